The van der Waals surface area contributed by atoms with Crippen LogP contribution in [0.1, 0.15) is 37.0 Å². The predicted molar refractivity (Wildman–Crippen MR) is 75.2 cm³/mol. The lowest BCUT2D eigenvalue weighted by Crippen LogP contribution is -2.38. The van der Waals surface area contributed by atoms with E-state index in [0.717, 1.165) is 17.8 Å². The molecule has 1 aromatic carbocycles. The van der Waals surface area contributed by atoms with Gasteiger partial charge in [-0.05, 0) is 50.6 Å². The van der Waals surface area contributed by atoms with E-state index >= 15 is 0 Å². The third-order valence-electron chi connectivity index (χ3n) is 3.70. The van der Waals surface area contributed by atoms with Crippen molar-refractivity contribution in [2.45, 2.75) is 32.7 Å². The zero-order chi connectivity index (χ0) is 13.0. The summed E-state index contributed by atoms with van der Waals surface area (Å²) in [6.45, 7) is 7.33. The molecular weight excluding hydrogens is 224 g/mol. The minimum Gasteiger partial charge on any atom is -0.382 e. The lowest BCUT2D eigenvalue weighted by molar-refractivity contribution is 0.101. The Bertz CT molecular complexity index is 391. The van der Waals surface area contributed by atoms with Gasteiger partial charge in [-0.15, -0.1) is 0 Å². The van der Waals surface area contributed by atoms with Gasteiger partial charge in [0.15, 0.2) is 5.78 Å². The van der Waals surface area contributed by atoms with Crippen LogP contribution in [-0.2, 0) is 0 Å². The molecule has 0 aromatic heterocycles. The molecule has 0 atom stereocenters. The third-order valence-corrected chi connectivity index (χ3v) is 3.70. The summed E-state index contributed by atoms with van der Waals surface area (Å²) in [7, 11) is 0. The van der Waals surface area contributed by atoms with Crippen LogP contribution in [0.25, 0.3) is 0 Å². The van der Waals surface area contributed by atoms with Gasteiger partial charge in [0.25, 0.3) is 0 Å². The van der Waals surface area contributed by atoms with Crippen molar-refractivity contribution in [1.82, 2.24) is 4.90 Å². The lowest BCUT2D eigenvalue weighted by Gasteiger charge is -2.32. The quantitative estimate of drug-likeness (QED) is 0.829. The highest BCUT2D eigenvalue weighted by Crippen LogP contribution is 2.17. The second-order valence-corrected chi connectivity index (χ2v) is 4.99. The maximum absolute atomic E-state index is 11.2. The number of anilines is 1. The molecule has 2 rings (SSSR count). The van der Waals surface area contributed by atoms with Crippen molar-refractivity contribution in [3.05, 3.63) is 29.8 Å². The topological polar surface area (TPSA) is 32.3 Å². The Hall–Kier alpha value is -1.35. The number of carbonyl (C=O) groups excluding carboxylic acids is 1. The molecule has 3 nitrogen and oxygen atoms in total. The first-order chi connectivity index (χ1) is 8.69. The molecule has 1 saturated heterocycles. The molecule has 0 unspecified atom stereocenters. The molecule has 18 heavy (non-hydrogen) atoms. The molecule has 1 aliphatic rings. The maximum atomic E-state index is 11.2. The van der Waals surface area contributed by atoms with Crippen LogP contribution < -0.4 is 5.32 Å². The third kappa shape index (κ3) is 3.33. The first kappa shape index (κ1) is 13.1. The Morgan fingerprint density at radius 2 is 1.89 bits per heavy atom. The number of hydrogen-bond acceptors (Lipinski definition) is 3. The number of ketones is 1. The van der Waals surface area contributed by atoms with E-state index in [1.807, 2.05) is 24.3 Å². The highest BCUT2D eigenvalue weighted by atomic mass is 16.1. The average Bonchev–Trinajstić information content (AvgIpc) is 2.40. The fourth-order valence-corrected chi connectivity index (χ4v) is 2.43. The summed E-state index contributed by atoms with van der Waals surface area (Å²) in [5.41, 5.74) is 1.90. The Kier molecular flexibility index (Phi) is 4.37. The molecule has 1 N–H and O–H groups in total. The number of piperidine rings is 1. The van der Waals surface area contributed by atoms with E-state index in [2.05, 4.69) is 17.1 Å². The van der Waals surface area contributed by atoms with Crippen LogP contribution >= 0.6 is 0 Å². The highest BCUT2D eigenvalue weighted by Gasteiger charge is 2.17. The second kappa shape index (κ2) is 6.01. The van der Waals surface area contributed by atoms with Crippen LogP contribution in [0.4, 0.5) is 5.69 Å². The fourth-order valence-electron chi connectivity index (χ4n) is 2.43. The van der Waals surface area contributed by atoms with E-state index in [1.54, 1.807) is 6.92 Å². The van der Waals surface area contributed by atoms with Gasteiger partial charge in [0.2, 0.25) is 0 Å². The summed E-state index contributed by atoms with van der Waals surface area (Å²) in [5, 5.41) is 3.55. The van der Waals surface area contributed by atoms with E-state index in [-0.39, 0.29) is 5.78 Å². The van der Waals surface area contributed by atoms with Gasteiger partial charge in [-0.25, -0.2) is 0 Å². The van der Waals surface area contributed by atoms with E-state index in [9.17, 15) is 4.79 Å². The van der Waals surface area contributed by atoms with Gasteiger partial charge in [0, 0.05) is 30.4 Å². The van der Waals surface area contributed by atoms with Crippen LogP contribution in [-0.4, -0.2) is 36.4 Å². The molecule has 1 aliphatic heterocycles. The van der Waals surface area contributed by atoms with Crippen LogP contribution in [0.2, 0.25) is 0 Å². The Morgan fingerprint density at radius 1 is 1.28 bits per heavy atom. The summed E-state index contributed by atoms with van der Waals surface area (Å²) < 4.78 is 0. The van der Waals surface area contributed by atoms with E-state index in [1.165, 1.54) is 25.9 Å². The molecular formula is C15H22N2O. The van der Waals surface area contributed by atoms with Crippen LogP contribution in [0.3, 0.4) is 0 Å². The van der Waals surface area contributed by atoms with Gasteiger partial charge >= 0.3 is 0 Å². The minimum atomic E-state index is 0.123. The molecule has 0 aliphatic carbocycles. The molecule has 0 radical (unpaired) electrons. The number of hydrogen-bond donors (Lipinski definition) is 1. The molecule has 3 heteroatoms. The standard InChI is InChI=1S/C15H22N2O/c1-3-17-10-8-15(9-11-17)16-14-6-4-13(5-7-14)12(2)18/h4-7,15-16H,3,8-11H2,1-2H3. The van der Waals surface area contributed by atoms with Crippen molar-refractivity contribution in [3.8, 4) is 0 Å². The smallest absolute Gasteiger partial charge is 0.159 e. The SMILES string of the molecule is CCN1CCC(Nc2ccc(C(C)=O)cc2)CC1. The second-order valence-electron chi connectivity index (χ2n) is 4.99. The van der Waals surface area contributed by atoms with Crippen LogP contribution in [0.15, 0.2) is 24.3 Å². The summed E-state index contributed by atoms with van der Waals surface area (Å²) in [6.07, 6.45) is 2.39. The number of rotatable bonds is 4. The number of nitrogens with one attached hydrogen (secondary N) is 1. The number of carbonyl (C=O) groups is 1. The van der Waals surface area contributed by atoms with Gasteiger partial charge in [0.1, 0.15) is 0 Å². The molecule has 98 valence electrons. The predicted octanol–water partition coefficient (Wildman–Crippen LogP) is 2.79. The minimum absolute atomic E-state index is 0.123. The number of likely N-dealkylation sites (tertiary alicyclic amines) is 1. The number of benzene rings is 1. The van der Waals surface area contributed by atoms with Gasteiger partial charge in [-0.1, -0.05) is 6.92 Å². The summed E-state index contributed by atoms with van der Waals surface area (Å²) >= 11 is 0. The van der Waals surface area contributed by atoms with E-state index < -0.39 is 0 Å². The Labute approximate surface area is 109 Å². The van der Waals surface area contributed by atoms with Crippen LogP contribution in [0, 0.1) is 0 Å². The van der Waals surface area contributed by atoms with Crippen molar-refractivity contribution in [2.75, 3.05) is 25.0 Å². The van der Waals surface area contributed by atoms with Gasteiger partial charge in [0.05, 0.1) is 0 Å². The zero-order valence-electron chi connectivity index (χ0n) is 11.3. The summed E-state index contributed by atoms with van der Waals surface area (Å²) in [5.74, 6) is 0.123. The summed E-state index contributed by atoms with van der Waals surface area (Å²) in [4.78, 5) is 13.7. The largest absolute Gasteiger partial charge is 0.382 e. The fraction of sp³-hybridized carbons (Fsp3) is 0.533. The van der Waals surface area contributed by atoms with Gasteiger partial charge in [-0.3, -0.25) is 4.79 Å². The average molecular weight is 246 g/mol. The van der Waals surface area contributed by atoms with Crippen LogP contribution in [0.5, 0.6) is 0 Å². The molecule has 1 fully saturated rings. The number of Topliss-reactive ketones (excluding diaryl/α,β-unsaturated/α-hetero) is 1. The number of nitrogens with zero attached hydrogens (tertiary/aromatic N) is 1. The molecule has 0 bridgehead atoms. The van der Waals surface area contributed by atoms with Gasteiger partial charge in [-0.2, -0.15) is 0 Å². The molecule has 1 aromatic rings. The maximum Gasteiger partial charge on any atom is 0.159 e. The van der Waals surface area contributed by atoms with Crippen molar-refractivity contribution < 1.29 is 4.79 Å². The first-order valence-electron chi connectivity index (χ1n) is 6.79. The summed E-state index contributed by atoms with van der Waals surface area (Å²) in [6, 6.07) is 8.36. The van der Waals surface area contributed by atoms with Crippen molar-refractivity contribution >= 4 is 11.5 Å². The molecule has 0 amide bonds. The Balaban J connectivity index is 1.88. The lowest BCUT2D eigenvalue weighted by atomic mass is 10.0. The van der Waals surface area contributed by atoms with Crippen molar-refractivity contribution in [3.63, 3.8) is 0 Å². The van der Waals surface area contributed by atoms with Gasteiger partial charge < -0.3 is 10.2 Å². The first-order valence-corrected chi connectivity index (χ1v) is 6.79. The normalized spacial score (nSPS) is 17.7. The molecule has 1 heterocycles. The molecule has 0 saturated carbocycles. The van der Waals surface area contributed by atoms with Crippen molar-refractivity contribution in [2.24, 2.45) is 0 Å². The highest BCUT2D eigenvalue weighted by molar-refractivity contribution is 5.94. The van der Waals surface area contributed by atoms with E-state index in [4.69, 9.17) is 0 Å². The molecule has 0 spiro atoms. The zero-order valence-corrected chi connectivity index (χ0v) is 11.3. The Morgan fingerprint density at radius 3 is 2.39 bits per heavy atom. The van der Waals surface area contributed by atoms with Crippen molar-refractivity contribution in [1.29, 1.82) is 0 Å². The monoisotopic (exact) mass is 246 g/mol. The van der Waals surface area contributed by atoms with E-state index in [0.29, 0.717) is 6.04 Å².